The van der Waals surface area contributed by atoms with Crippen LogP contribution < -0.4 is 5.73 Å². The molecule has 1 aromatic rings. The Kier molecular flexibility index (Phi) is 4.34. The third-order valence-corrected chi connectivity index (χ3v) is 5.11. The number of carbonyl (C=O) groups excluding carboxylic acids is 2. The van der Waals surface area contributed by atoms with Crippen molar-refractivity contribution in [2.24, 2.45) is 11.1 Å². The van der Waals surface area contributed by atoms with Gasteiger partial charge in [0.15, 0.2) is 0 Å². The molecule has 0 aromatic heterocycles. The number of rotatable bonds is 5. The van der Waals surface area contributed by atoms with E-state index in [1.807, 2.05) is 0 Å². The monoisotopic (exact) mass is 334 g/mol. The molecule has 1 aliphatic heterocycles. The second-order valence-electron chi connectivity index (χ2n) is 7.28. The Balaban J connectivity index is 1.69. The molecule has 1 saturated heterocycles. The molecule has 1 unspecified atom stereocenters. The van der Waals surface area contributed by atoms with Crippen LogP contribution in [0, 0.1) is 11.2 Å². The van der Waals surface area contributed by atoms with Crippen LogP contribution in [0.3, 0.4) is 0 Å². The number of likely N-dealkylation sites (tertiary alicyclic amines) is 1. The lowest BCUT2D eigenvalue weighted by molar-refractivity contribution is -0.146. The number of benzene rings is 1. The maximum Gasteiger partial charge on any atom is 0.229 e. The topological polar surface area (TPSA) is 83.6 Å². The van der Waals surface area contributed by atoms with Crippen molar-refractivity contribution in [1.29, 1.82) is 0 Å². The lowest BCUT2D eigenvalue weighted by atomic mass is 9.87. The summed E-state index contributed by atoms with van der Waals surface area (Å²) in [5.74, 6) is -0.823. The van der Waals surface area contributed by atoms with Crippen LogP contribution in [0.15, 0.2) is 24.3 Å². The molecule has 0 bridgehead atoms. The zero-order valence-corrected chi connectivity index (χ0v) is 13.6. The van der Waals surface area contributed by atoms with E-state index in [1.165, 1.54) is 12.1 Å². The number of hydrogen-bond donors (Lipinski definition) is 2. The zero-order chi connectivity index (χ0) is 17.4. The van der Waals surface area contributed by atoms with E-state index in [0.29, 0.717) is 25.8 Å². The van der Waals surface area contributed by atoms with Crippen molar-refractivity contribution < 1.29 is 19.1 Å². The SMILES string of the molecule is NC(=O)CC1(O)CCCN(C(=O)C2(Cc3ccc(F)cc3)CC2)C1. The van der Waals surface area contributed by atoms with Crippen molar-refractivity contribution in [2.75, 3.05) is 13.1 Å². The maximum absolute atomic E-state index is 13.0. The highest BCUT2D eigenvalue weighted by Crippen LogP contribution is 2.50. The van der Waals surface area contributed by atoms with Gasteiger partial charge in [0, 0.05) is 13.1 Å². The van der Waals surface area contributed by atoms with Crippen molar-refractivity contribution in [3.63, 3.8) is 0 Å². The van der Waals surface area contributed by atoms with Crippen molar-refractivity contribution in [1.82, 2.24) is 4.90 Å². The van der Waals surface area contributed by atoms with Crippen molar-refractivity contribution in [3.8, 4) is 0 Å². The molecule has 2 fully saturated rings. The van der Waals surface area contributed by atoms with Gasteiger partial charge in [-0.1, -0.05) is 12.1 Å². The molecule has 130 valence electrons. The lowest BCUT2D eigenvalue weighted by Gasteiger charge is -2.40. The molecular formula is C18H23FN2O3. The minimum absolute atomic E-state index is 0.0226. The lowest BCUT2D eigenvalue weighted by Crippen LogP contribution is -2.53. The van der Waals surface area contributed by atoms with Gasteiger partial charge in [0.25, 0.3) is 0 Å². The molecule has 1 aliphatic carbocycles. The third-order valence-electron chi connectivity index (χ3n) is 5.11. The summed E-state index contributed by atoms with van der Waals surface area (Å²) in [4.78, 5) is 25.8. The summed E-state index contributed by atoms with van der Waals surface area (Å²) in [6.45, 7) is 0.741. The summed E-state index contributed by atoms with van der Waals surface area (Å²) in [5.41, 5.74) is 4.49. The Bertz CT molecular complexity index is 642. The fourth-order valence-corrected chi connectivity index (χ4v) is 3.70. The van der Waals surface area contributed by atoms with Gasteiger partial charge in [0.05, 0.1) is 17.4 Å². The molecular weight excluding hydrogens is 311 g/mol. The van der Waals surface area contributed by atoms with Crippen LogP contribution in [0.5, 0.6) is 0 Å². The number of halogens is 1. The van der Waals surface area contributed by atoms with Gasteiger partial charge in [-0.2, -0.15) is 0 Å². The van der Waals surface area contributed by atoms with E-state index in [9.17, 15) is 19.1 Å². The first-order valence-corrected chi connectivity index (χ1v) is 8.37. The number of nitrogens with two attached hydrogens (primary N) is 1. The molecule has 2 aliphatic rings. The van der Waals surface area contributed by atoms with Crippen LogP contribution in [0.1, 0.15) is 37.7 Å². The largest absolute Gasteiger partial charge is 0.388 e. The van der Waals surface area contributed by atoms with Gasteiger partial charge >= 0.3 is 0 Å². The van der Waals surface area contributed by atoms with Crippen molar-refractivity contribution in [3.05, 3.63) is 35.6 Å². The molecule has 5 nitrogen and oxygen atoms in total. The maximum atomic E-state index is 13.0. The number of amides is 2. The Morgan fingerprint density at radius 1 is 1.21 bits per heavy atom. The summed E-state index contributed by atoms with van der Waals surface area (Å²) in [5, 5.41) is 10.5. The van der Waals surface area contributed by atoms with E-state index in [4.69, 9.17) is 5.73 Å². The van der Waals surface area contributed by atoms with Crippen LogP contribution in [0.25, 0.3) is 0 Å². The third kappa shape index (κ3) is 3.59. The first-order valence-electron chi connectivity index (χ1n) is 8.37. The first-order chi connectivity index (χ1) is 11.3. The highest BCUT2D eigenvalue weighted by atomic mass is 19.1. The summed E-state index contributed by atoms with van der Waals surface area (Å²) in [7, 11) is 0. The predicted octanol–water partition coefficient (Wildman–Crippen LogP) is 1.38. The van der Waals surface area contributed by atoms with Gasteiger partial charge in [-0.15, -0.1) is 0 Å². The molecule has 1 heterocycles. The predicted molar refractivity (Wildman–Crippen MR) is 86.3 cm³/mol. The molecule has 0 spiro atoms. The molecule has 1 saturated carbocycles. The Morgan fingerprint density at radius 3 is 2.46 bits per heavy atom. The fraction of sp³-hybridized carbons (Fsp3) is 0.556. The molecule has 6 heteroatoms. The van der Waals surface area contributed by atoms with E-state index in [2.05, 4.69) is 0 Å². The van der Waals surface area contributed by atoms with Gasteiger partial charge in [0.1, 0.15) is 5.82 Å². The van der Waals surface area contributed by atoms with Gasteiger partial charge in [-0.25, -0.2) is 4.39 Å². The van der Waals surface area contributed by atoms with E-state index >= 15 is 0 Å². The molecule has 2 amide bonds. The molecule has 3 rings (SSSR count). The highest BCUT2D eigenvalue weighted by Gasteiger charge is 2.52. The average molecular weight is 334 g/mol. The number of carbonyl (C=O) groups is 2. The van der Waals surface area contributed by atoms with E-state index in [1.54, 1.807) is 17.0 Å². The summed E-state index contributed by atoms with van der Waals surface area (Å²) < 4.78 is 13.0. The molecule has 1 aromatic carbocycles. The average Bonchev–Trinajstić information content (AvgIpc) is 3.28. The zero-order valence-electron chi connectivity index (χ0n) is 13.6. The second kappa shape index (κ2) is 6.16. The van der Waals surface area contributed by atoms with Gasteiger partial charge in [-0.05, 0) is 49.8 Å². The Hall–Kier alpha value is -1.95. The quantitative estimate of drug-likeness (QED) is 0.853. The second-order valence-corrected chi connectivity index (χ2v) is 7.28. The van der Waals surface area contributed by atoms with E-state index in [-0.39, 0.29) is 24.7 Å². The summed E-state index contributed by atoms with van der Waals surface area (Å²) in [6, 6.07) is 6.23. The van der Waals surface area contributed by atoms with Crippen LogP contribution in [-0.4, -0.2) is 40.5 Å². The number of aliphatic hydroxyl groups is 1. The van der Waals surface area contributed by atoms with Crippen molar-refractivity contribution >= 4 is 11.8 Å². The normalized spacial score (nSPS) is 25.3. The standard InChI is InChI=1S/C18H23FN2O3/c19-14-4-2-13(3-5-14)10-17(7-8-17)16(23)21-9-1-6-18(24,12-21)11-15(20)22/h2-5,24H,1,6-12H2,(H2,20,22). The Morgan fingerprint density at radius 2 is 1.88 bits per heavy atom. The van der Waals surface area contributed by atoms with E-state index in [0.717, 1.165) is 18.4 Å². The number of hydrogen-bond acceptors (Lipinski definition) is 3. The Labute approximate surface area is 140 Å². The summed E-state index contributed by atoms with van der Waals surface area (Å²) in [6.07, 6.45) is 3.19. The molecule has 24 heavy (non-hydrogen) atoms. The van der Waals surface area contributed by atoms with E-state index < -0.39 is 16.9 Å². The van der Waals surface area contributed by atoms with Crippen LogP contribution in [0.2, 0.25) is 0 Å². The number of primary amides is 1. The smallest absolute Gasteiger partial charge is 0.229 e. The summed E-state index contributed by atoms with van der Waals surface area (Å²) >= 11 is 0. The number of β-amino-alcohol motifs (C(OH)–C–C–N with tert-alkyl or cyclic N) is 1. The minimum atomic E-state index is -1.22. The fourth-order valence-electron chi connectivity index (χ4n) is 3.70. The van der Waals surface area contributed by atoms with Gasteiger partial charge in [0.2, 0.25) is 11.8 Å². The molecule has 1 atom stereocenters. The highest BCUT2D eigenvalue weighted by molar-refractivity contribution is 5.86. The van der Waals surface area contributed by atoms with Gasteiger partial charge < -0.3 is 15.7 Å². The number of piperidine rings is 1. The molecule has 0 radical (unpaired) electrons. The van der Waals surface area contributed by atoms with Gasteiger partial charge in [-0.3, -0.25) is 9.59 Å². The van der Waals surface area contributed by atoms with Crippen molar-refractivity contribution in [2.45, 2.75) is 44.1 Å². The van der Waals surface area contributed by atoms with Crippen LogP contribution >= 0.6 is 0 Å². The number of nitrogens with zero attached hydrogens (tertiary/aromatic N) is 1. The van der Waals surface area contributed by atoms with Crippen LogP contribution in [-0.2, 0) is 16.0 Å². The molecule has 3 N–H and O–H groups in total. The first kappa shape index (κ1) is 16.9. The van der Waals surface area contributed by atoms with Crippen LogP contribution in [0.4, 0.5) is 4.39 Å². The minimum Gasteiger partial charge on any atom is -0.388 e.